The molecule has 2 rings (SSSR count). The molecule has 1 aliphatic heterocycles. The summed E-state index contributed by atoms with van der Waals surface area (Å²) in [5.41, 5.74) is 1.76. The van der Waals surface area contributed by atoms with Gasteiger partial charge in [-0.15, -0.1) is 0 Å². The molecule has 1 aliphatic rings. The molecule has 2 unspecified atom stereocenters. The van der Waals surface area contributed by atoms with Crippen molar-refractivity contribution < 1.29 is 4.79 Å². The maximum absolute atomic E-state index is 11.4. The van der Waals surface area contributed by atoms with Crippen LogP contribution in [0.3, 0.4) is 0 Å². The smallest absolute Gasteiger partial charge is 0.251 e. The highest BCUT2D eigenvalue weighted by Crippen LogP contribution is 2.15. The first-order valence-electron chi connectivity index (χ1n) is 7.01. The Morgan fingerprint density at radius 1 is 1.42 bits per heavy atom. The van der Waals surface area contributed by atoms with Crippen LogP contribution in [0, 0.1) is 0 Å². The van der Waals surface area contributed by atoms with Crippen LogP contribution in [0.5, 0.6) is 0 Å². The molecule has 0 radical (unpaired) electrons. The van der Waals surface area contributed by atoms with Crippen LogP contribution in [0.1, 0.15) is 36.5 Å². The second kappa shape index (κ2) is 6.57. The number of rotatable bonds is 5. The maximum atomic E-state index is 11.4. The minimum absolute atomic E-state index is 0.0465. The molecule has 1 aromatic carbocycles. The van der Waals surface area contributed by atoms with Crippen LogP contribution in [0.2, 0.25) is 0 Å². The van der Waals surface area contributed by atoms with Gasteiger partial charge in [0, 0.05) is 30.4 Å². The van der Waals surface area contributed by atoms with Crippen molar-refractivity contribution in [3.05, 3.63) is 29.8 Å². The first-order chi connectivity index (χ1) is 9.19. The third kappa shape index (κ3) is 3.96. The van der Waals surface area contributed by atoms with Crippen LogP contribution in [-0.4, -0.2) is 31.6 Å². The van der Waals surface area contributed by atoms with Crippen LogP contribution in [0.15, 0.2) is 24.3 Å². The summed E-state index contributed by atoms with van der Waals surface area (Å²) in [6, 6.07) is 8.70. The van der Waals surface area contributed by atoms with E-state index in [0.29, 0.717) is 17.6 Å². The number of hydrogen-bond donors (Lipinski definition) is 3. The van der Waals surface area contributed by atoms with E-state index in [1.165, 1.54) is 12.8 Å². The van der Waals surface area contributed by atoms with Crippen molar-refractivity contribution in [1.29, 1.82) is 0 Å². The van der Waals surface area contributed by atoms with E-state index in [2.05, 4.69) is 22.9 Å². The van der Waals surface area contributed by atoms with Gasteiger partial charge in [0.15, 0.2) is 0 Å². The molecule has 4 heteroatoms. The van der Waals surface area contributed by atoms with Crippen LogP contribution >= 0.6 is 0 Å². The number of benzene rings is 1. The van der Waals surface area contributed by atoms with E-state index in [1.54, 1.807) is 7.05 Å². The molecule has 0 saturated carbocycles. The molecular weight excluding hydrogens is 238 g/mol. The zero-order chi connectivity index (χ0) is 13.7. The zero-order valence-electron chi connectivity index (χ0n) is 11.7. The van der Waals surface area contributed by atoms with Crippen LogP contribution < -0.4 is 16.0 Å². The molecule has 1 saturated heterocycles. The zero-order valence-corrected chi connectivity index (χ0v) is 11.7. The van der Waals surface area contributed by atoms with Gasteiger partial charge in [0.05, 0.1) is 0 Å². The Bertz CT molecular complexity index is 410. The van der Waals surface area contributed by atoms with Crippen molar-refractivity contribution in [2.75, 3.05) is 18.9 Å². The number of carbonyl (C=O) groups is 1. The molecule has 1 heterocycles. The average Bonchev–Trinajstić information content (AvgIpc) is 2.91. The molecule has 1 fully saturated rings. The molecule has 2 atom stereocenters. The van der Waals surface area contributed by atoms with Gasteiger partial charge in [-0.05, 0) is 57.0 Å². The molecule has 0 aromatic heterocycles. The van der Waals surface area contributed by atoms with E-state index >= 15 is 0 Å². The Kier molecular flexibility index (Phi) is 4.80. The summed E-state index contributed by atoms with van der Waals surface area (Å²) in [5, 5.41) is 9.62. The number of amides is 1. The van der Waals surface area contributed by atoms with Gasteiger partial charge in [0.1, 0.15) is 0 Å². The topological polar surface area (TPSA) is 53.2 Å². The Balaban J connectivity index is 1.86. The second-order valence-electron chi connectivity index (χ2n) is 5.23. The van der Waals surface area contributed by atoms with Crippen molar-refractivity contribution in [3.8, 4) is 0 Å². The van der Waals surface area contributed by atoms with E-state index in [0.717, 1.165) is 18.7 Å². The fraction of sp³-hybridized carbons (Fsp3) is 0.533. The van der Waals surface area contributed by atoms with E-state index in [-0.39, 0.29) is 5.91 Å². The predicted octanol–water partition coefficient (Wildman–Crippen LogP) is 1.99. The summed E-state index contributed by atoms with van der Waals surface area (Å²) in [4.78, 5) is 11.4. The Morgan fingerprint density at radius 2 is 2.16 bits per heavy atom. The summed E-state index contributed by atoms with van der Waals surface area (Å²) >= 11 is 0. The lowest BCUT2D eigenvalue weighted by Gasteiger charge is -2.19. The lowest BCUT2D eigenvalue weighted by Crippen LogP contribution is -2.29. The summed E-state index contributed by atoms with van der Waals surface area (Å²) in [7, 11) is 1.64. The molecule has 3 N–H and O–H groups in total. The number of nitrogens with one attached hydrogen (secondary N) is 3. The summed E-state index contributed by atoms with van der Waals surface area (Å²) in [6.07, 6.45) is 3.71. The van der Waals surface area contributed by atoms with E-state index in [4.69, 9.17) is 0 Å². The normalized spacial score (nSPS) is 20.0. The lowest BCUT2D eigenvalue weighted by atomic mass is 10.1. The van der Waals surface area contributed by atoms with Gasteiger partial charge in [-0.25, -0.2) is 0 Å². The molecule has 1 amide bonds. The predicted molar refractivity (Wildman–Crippen MR) is 78.6 cm³/mol. The highest BCUT2D eigenvalue weighted by atomic mass is 16.1. The van der Waals surface area contributed by atoms with Gasteiger partial charge < -0.3 is 16.0 Å². The summed E-state index contributed by atoms with van der Waals surface area (Å²) in [6.45, 7) is 3.35. The fourth-order valence-electron chi connectivity index (χ4n) is 2.59. The van der Waals surface area contributed by atoms with Crippen LogP contribution in [-0.2, 0) is 0 Å². The molecule has 0 aliphatic carbocycles. The van der Waals surface area contributed by atoms with Gasteiger partial charge in [-0.2, -0.15) is 0 Å². The molecule has 4 nitrogen and oxygen atoms in total. The van der Waals surface area contributed by atoms with Gasteiger partial charge in [0.25, 0.3) is 5.91 Å². The lowest BCUT2D eigenvalue weighted by molar-refractivity contribution is 0.0963. The van der Waals surface area contributed by atoms with Crippen molar-refractivity contribution in [2.45, 2.75) is 38.3 Å². The minimum Gasteiger partial charge on any atom is -0.383 e. The molecule has 104 valence electrons. The monoisotopic (exact) mass is 261 g/mol. The van der Waals surface area contributed by atoms with Gasteiger partial charge in [-0.1, -0.05) is 0 Å². The van der Waals surface area contributed by atoms with Crippen molar-refractivity contribution in [2.24, 2.45) is 0 Å². The summed E-state index contributed by atoms with van der Waals surface area (Å²) in [5.74, 6) is -0.0465. The van der Waals surface area contributed by atoms with Crippen LogP contribution in [0.25, 0.3) is 0 Å². The average molecular weight is 261 g/mol. The quantitative estimate of drug-likeness (QED) is 0.760. The second-order valence-corrected chi connectivity index (χ2v) is 5.23. The molecule has 1 aromatic rings. The third-order valence-corrected chi connectivity index (χ3v) is 3.59. The highest BCUT2D eigenvalue weighted by molar-refractivity contribution is 5.94. The first kappa shape index (κ1) is 13.9. The summed E-state index contributed by atoms with van der Waals surface area (Å²) < 4.78 is 0. The molecule has 0 bridgehead atoms. The Hall–Kier alpha value is -1.55. The van der Waals surface area contributed by atoms with Gasteiger partial charge in [0.2, 0.25) is 0 Å². The number of anilines is 1. The Morgan fingerprint density at radius 3 is 2.74 bits per heavy atom. The number of carbonyl (C=O) groups excluding carboxylic acids is 1. The minimum atomic E-state index is -0.0465. The largest absolute Gasteiger partial charge is 0.383 e. The SMILES string of the molecule is CNC(=O)c1ccc(NC(C)CC2CCCN2)cc1. The highest BCUT2D eigenvalue weighted by Gasteiger charge is 2.16. The fourth-order valence-corrected chi connectivity index (χ4v) is 2.59. The maximum Gasteiger partial charge on any atom is 0.251 e. The molecular formula is C15H23N3O. The first-order valence-corrected chi connectivity index (χ1v) is 7.01. The van der Waals surface area contributed by atoms with Crippen LogP contribution in [0.4, 0.5) is 5.69 Å². The number of hydrogen-bond acceptors (Lipinski definition) is 3. The van der Waals surface area contributed by atoms with Crippen molar-refractivity contribution in [1.82, 2.24) is 10.6 Å². The van der Waals surface area contributed by atoms with Crippen molar-refractivity contribution >= 4 is 11.6 Å². The van der Waals surface area contributed by atoms with Crippen molar-refractivity contribution in [3.63, 3.8) is 0 Å². The van der Waals surface area contributed by atoms with Gasteiger partial charge in [-0.3, -0.25) is 4.79 Å². The standard InChI is InChI=1S/C15H23N3O/c1-11(10-14-4-3-9-17-14)18-13-7-5-12(6-8-13)15(19)16-2/h5-8,11,14,17-18H,3-4,9-10H2,1-2H3,(H,16,19). The third-order valence-electron chi connectivity index (χ3n) is 3.59. The van der Waals surface area contributed by atoms with E-state index in [1.807, 2.05) is 24.3 Å². The molecule has 19 heavy (non-hydrogen) atoms. The van der Waals surface area contributed by atoms with E-state index in [9.17, 15) is 4.79 Å². The van der Waals surface area contributed by atoms with Gasteiger partial charge >= 0.3 is 0 Å². The Labute approximate surface area is 115 Å². The molecule has 0 spiro atoms. The van der Waals surface area contributed by atoms with E-state index < -0.39 is 0 Å².